The van der Waals surface area contributed by atoms with E-state index in [0.717, 1.165) is 0 Å². The Morgan fingerprint density at radius 1 is 1.67 bits per heavy atom. The van der Waals surface area contributed by atoms with E-state index in [4.69, 9.17) is 0 Å². The van der Waals surface area contributed by atoms with E-state index in [1.165, 1.54) is 30.8 Å². The Morgan fingerprint density at radius 2 is 2.53 bits per heavy atom. The largest absolute Gasteiger partial charge is 0.313 e. The van der Waals surface area contributed by atoms with Crippen LogP contribution in [0.3, 0.4) is 0 Å². The number of likely N-dealkylation sites (N-methyl/N-ethyl adjacent to an activating group) is 1. The van der Waals surface area contributed by atoms with Crippen LogP contribution in [0.25, 0.3) is 0 Å². The van der Waals surface area contributed by atoms with Crippen LogP contribution >= 0.6 is 11.3 Å². The van der Waals surface area contributed by atoms with Crippen molar-refractivity contribution in [1.29, 1.82) is 0 Å². The van der Waals surface area contributed by atoms with Gasteiger partial charge in [0.25, 0.3) is 0 Å². The van der Waals surface area contributed by atoms with Crippen LogP contribution in [-0.4, -0.2) is 31.1 Å². The van der Waals surface area contributed by atoms with Gasteiger partial charge in [-0.3, -0.25) is 4.90 Å². The Morgan fingerprint density at radius 3 is 3.13 bits per heavy atom. The number of hydrogen-bond donors (Lipinski definition) is 1. The van der Waals surface area contributed by atoms with Crippen LogP contribution in [0, 0.1) is 0 Å². The molecule has 0 aliphatic carbocycles. The van der Waals surface area contributed by atoms with Gasteiger partial charge < -0.3 is 5.32 Å². The first-order valence-electron chi connectivity index (χ1n) is 5.74. The van der Waals surface area contributed by atoms with E-state index in [-0.39, 0.29) is 0 Å². The quantitative estimate of drug-likeness (QED) is 0.845. The summed E-state index contributed by atoms with van der Waals surface area (Å²) in [4.78, 5) is 3.92. The number of thiophene rings is 1. The molecule has 0 amide bonds. The molecule has 1 aliphatic heterocycles. The summed E-state index contributed by atoms with van der Waals surface area (Å²) >= 11 is 1.86. The maximum atomic E-state index is 3.55. The lowest BCUT2D eigenvalue weighted by molar-refractivity contribution is 0.241. The molecular weight excluding hydrogens is 204 g/mol. The topological polar surface area (TPSA) is 15.3 Å². The lowest BCUT2D eigenvalue weighted by Gasteiger charge is -2.26. The summed E-state index contributed by atoms with van der Waals surface area (Å²) < 4.78 is 0. The highest BCUT2D eigenvalue weighted by molar-refractivity contribution is 7.10. The first-order valence-corrected chi connectivity index (χ1v) is 6.62. The highest BCUT2D eigenvalue weighted by Gasteiger charge is 2.19. The molecular formula is C12H20N2S. The van der Waals surface area contributed by atoms with Crippen molar-refractivity contribution in [2.75, 3.05) is 20.1 Å². The fourth-order valence-corrected chi connectivity index (χ4v) is 3.01. The van der Waals surface area contributed by atoms with E-state index in [2.05, 4.69) is 41.7 Å². The van der Waals surface area contributed by atoms with Crippen molar-refractivity contribution < 1.29 is 0 Å². The molecule has 2 nitrogen and oxygen atoms in total. The second kappa shape index (κ2) is 5.10. The molecule has 0 unspecified atom stereocenters. The molecule has 1 fully saturated rings. The van der Waals surface area contributed by atoms with E-state index < -0.39 is 0 Å². The maximum absolute atomic E-state index is 3.55. The second-order valence-electron chi connectivity index (χ2n) is 4.42. The molecule has 1 N–H and O–H groups in total. The third kappa shape index (κ3) is 2.80. The summed E-state index contributed by atoms with van der Waals surface area (Å²) in [5.41, 5.74) is 0. The highest BCUT2D eigenvalue weighted by atomic mass is 32.1. The Hall–Kier alpha value is -0.380. The first kappa shape index (κ1) is 11.1. The molecule has 0 saturated carbocycles. The standard InChI is InChI=1S/C12H20N2S/c1-10(12-6-4-8-15-12)14(2)9-11-5-3-7-13-11/h4,6,8,10-11,13H,3,5,7,9H2,1-2H3/t10-,11+/m1/s1. The molecule has 2 heterocycles. The molecule has 1 aliphatic rings. The molecule has 3 heteroatoms. The van der Waals surface area contributed by atoms with Crippen LogP contribution < -0.4 is 5.32 Å². The van der Waals surface area contributed by atoms with Gasteiger partial charge in [0.1, 0.15) is 0 Å². The van der Waals surface area contributed by atoms with Crippen LogP contribution in [-0.2, 0) is 0 Å². The Balaban J connectivity index is 1.87. The average molecular weight is 224 g/mol. The molecule has 1 aromatic heterocycles. The molecule has 1 saturated heterocycles. The predicted molar refractivity (Wildman–Crippen MR) is 66.4 cm³/mol. The van der Waals surface area contributed by atoms with Gasteiger partial charge in [0.15, 0.2) is 0 Å². The van der Waals surface area contributed by atoms with E-state index >= 15 is 0 Å². The third-order valence-corrected chi connectivity index (χ3v) is 4.33. The Labute approximate surface area is 96.3 Å². The average Bonchev–Trinajstić information content (AvgIpc) is 2.88. The third-order valence-electron chi connectivity index (χ3n) is 3.29. The fourth-order valence-electron chi connectivity index (χ4n) is 2.16. The van der Waals surface area contributed by atoms with Crippen molar-refractivity contribution in [3.8, 4) is 0 Å². The lowest BCUT2D eigenvalue weighted by Crippen LogP contribution is -2.36. The summed E-state index contributed by atoms with van der Waals surface area (Å²) in [7, 11) is 2.23. The summed E-state index contributed by atoms with van der Waals surface area (Å²) in [5.74, 6) is 0. The number of rotatable bonds is 4. The van der Waals surface area contributed by atoms with Gasteiger partial charge >= 0.3 is 0 Å². The number of nitrogens with one attached hydrogen (secondary N) is 1. The zero-order valence-electron chi connectivity index (χ0n) is 9.57. The van der Waals surface area contributed by atoms with Crippen LogP contribution in [0.4, 0.5) is 0 Å². The molecule has 0 spiro atoms. The minimum Gasteiger partial charge on any atom is -0.313 e. The van der Waals surface area contributed by atoms with E-state index in [1.807, 2.05) is 11.3 Å². The summed E-state index contributed by atoms with van der Waals surface area (Å²) in [6, 6.07) is 5.62. The molecule has 0 radical (unpaired) electrons. The molecule has 1 aromatic rings. The second-order valence-corrected chi connectivity index (χ2v) is 5.40. The Kier molecular flexibility index (Phi) is 3.78. The van der Waals surface area contributed by atoms with Crippen molar-refractivity contribution in [3.63, 3.8) is 0 Å². The van der Waals surface area contributed by atoms with Gasteiger partial charge in [-0.1, -0.05) is 6.07 Å². The van der Waals surface area contributed by atoms with Gasteiger partial charge in [-0.25, -0.2) is 0 Å². The minimum atomic E-state index is 0.549. The zero-order valence-corrected chi connectivity index (χ0v) is 10.4. The zero-order chi connectivity index (χ0) is 10.7. The maximum Gasteiger partial charge on any atom is 0.0410 e. The SMILES string of the molecule is C[C@H](c1cccs1)N(C)C[C@@H]1CCCN1. The van der Waals surface area contributed by atoms with Crippen molar-refractivity contribution in [3.05, 3.63) is 22.4 Å². The predicted octanol–water partition coefficient (Wildman–Crippen LogP) is 2.49. The smallest absolute Gasteiger partial charge is 0.0410 e. The van der Waals surface area contributed by atoms with Crippen LogP contribution in [0.5, 0.6) is 0 Å². The van der Waals surface area contributed by atoms with Gasteiger partial charge in [-0.05, 0) is 44.8 Å². The first-order chi connectivity index (χ1) is 7.27. The summed E-state index contributed by atoms with van der Waals surface area (Å²) in [6.07, 6.45) is 2.67. The van der Waals surface area contributed by atoms with E-state index in [9.17, 15) is 0 Å². The molecule has 0 aromatic carbocycles. The monoisotopic (exact) mass is 224 g/mol. The van der Waals surface area contributed by atoms with Gasteiger partial charge in [-0.2, -0.15) is 0 Å². The molecule has 2 rings (SSSR count). The summed E-state index contributed by atoms with van der Waals surface area (Å²) in [6.45, 7) is 4.66. The molecule has 15 heavy (non-hydrogen) atoms. The van der Waals surface area contributed by atoms with Crippen LogP contribution in [0.15, 0.2) is 17.5 Å². The lowest BCUT2D eigenvalue weighted by atomic mass is 10.2. The molecule has 0 bridgehead atoms. The van der Waals surface area contributed by atoms with Gasteiger partial charge in [0, 0.05) is 23.5 Å². The molecule has 2 atom stereocenters. The minimum absolute atomic E-state index is 0.549. The van der Waals surface area contributed by atoms with Crippen molar-refractivity contribution in [2.45, 2.75) is 31.8 Å². The number of nitrogens with zero attached hydrogens (tertiary/aromatic N) is 1. The normalized spacial score (nSPS) is 23.5. The number of hydrogen-bond acceptors (Lipinski definition) is 3. The highest BCUT2D eigenvalue weighted by Crippen LogP contribution is 2.23. The van der Waals surface area contributed by atoms with Crippen LogP contribution in [0.1, 0.15) is 30.7 Å². The fraction of sp³-hybridized carbons (Fsp3) is 0.667. The van der Waals surface area contributed by atoms with Gasteiger partial charge in [-0.15, -0.1) is 11.3 Å². The van der Waals surface area contributed by atoms with Crippen LogP contribution in [0.2, 0.25) is 0 Å². The van der Waals surface area contributed by atoms with Crippen molar-refractivity contribution in [1.82, 2.24) is 10.2 Å². The van der Waals surface area contributed by atoms with Crippen molar-refractivity contribution in [2.24, 2.45) is 0 Å². The Bertz CT molecular complexity index is 278. The van der Waals surface area contributed by atoms with Gasteiger partial charge in [0.05, 0.1) is 0 Å². The van der Waals surface area contributed by atoms with E-state index in [0.29, 0.717) is 12.1 Å². The summed E-state index contributed by atoms with van der Waals surface area (Å²) in [5, 5.41) is 5.71. The van der Waals surface area contributed by atoms with Crippen molar-refractivity contribution >= 4 is 11.3 Å². The van der Waals surface area contributed by atoms with E-state index in [1.54, 1.807) is 0 Å². The van der Waals surface area contributed by atoms with Gasteiger partial charge in [0.2, 0.25) is 0 Å². The molecule has 84 valence electrons.